The first-order valence-corrected chi connectivity index (χ1v) is 8.64. The standard InChI is InChI=1S/C17H24BrNO3/c1-17(2,3)22-16(20)19-10-12(9-18)14(11-19)13-7-5-6-8-15(13)21-4/h5-8,12,14H,9-11H2,1-4H3/t12-,14-/m0/s1. The summed E-state index contributed by atoms with van der Waals surface area (Å²) < 4.78 is 11.0. The van der Waals surface area contributed by atoms with Crippen LogP contribution in [0.2, 0.25) is 0 Å². The highest BCUT2D eigenvalue weighted by Gasteiger charge is 2.38. The Bertz CT molecular complexity index is 527. The molecule has 1 aromatic rings. The molecule has 0 spiro atoms. The van der Waals surface area contributed by atoms with Crippen LogP contribution in [0.3, 0.4) is 0 Å². The number of amides is 1. The predicted octanol–water partition coefficient (Wildman–Crippen LogP) is 4.04. The third kappa shape index (κ3) is 3.94. The number of alkyl halides is 1. The zero-order valence-corrected chi connectivity index (χ0v) is 15.2. The molecular formula is C17H24BrNO3. The number of ether oxygens (including phenoxy) is 2. The highest BCUT2D eigenvalue weighted by molar-refractivity contribution is 9.09. The number of methoxy groups -OCH3 is 1. The number of carbonyl (C=O) groups is 1. The van der Waals surface area contributed by atoms with Crippen molar-refractivity contribution in [1.82, 2.24) is 4.90 Å². The molecule has 1 aromatic carbocycles. The molecule has 2 rings (SSSR count). The lowest BCUT2D eigenvalue weighted by molar-refractivity contribution is 0.0288. The average Bonchev–Trinajstić information content (AvgIpc) is 2.89. The van der Waals surface area contributed by atoms with Crippen molar-refractivity contribution >= 4 is 22.0 Å². The largest absolute Gasteiger partial charge is 0.496 e. The number of halogens is 1. The van der Waals surface area contributed by atoms with Crippen LogP contribution in [-0.4, -0.2) is 42.1 Å². The van der Waals surface area contributed by atoms with Crippen molar-refractivity contribution in [1.29, 1.82) is 0 Å². The van der Waals surface area contributed by atoms with Crippen LogP contribution in [0.5, 0.6) is 5.75 Å². The van der Waals surface area contributed by atoms with E-state index in [9.17, 15) is 4.79 Å². The van der Waals surface area contributed by atoms with E-state index >= 15 is 0 Å². The van der Waals surface area contributed by atoms with Crippen LogP contribution >= 0.6 is 15.9 Å². The summed E-state index contributed by atoms with van der Waals surface area (Å²) in [5, 5.41) is 0.842. The molecule has 4 nitrogen and oxygen atoms in total. The van der Waals surface area contributed by atoms with Gasteiger partial charge in [-0.15, -0.1) is 0 Å². The molecule has 1 aliphatic heterocycles. The van der Waals surface area contributed by atoms with E-state index in [1.54, 1.807) is 12.0 Å². The van der Waals surface area contributed by atoms with E-state index in [1.807, 2.05) is 39.0 Å². The minimum absolute atomic E-state index is 0.240. The van der Waals surface area contributed by atoms with Gasteiger partial charge in [0.2, 0.25) is 0 Å². The highest BCUT2D eigenvalue weighted by atomic mass is 79.9. The van der Waals surface area contributed by atoms with E-state index in [0.29, 0.717) is 19.0 Å². The molecule has 1 heterocycles. The number of likely N-dealkylation sites (tertiary alicyclic amines) is 1. The van der Waals surface area contributed by atoms with Gasteiger partial charge >= 0.3 is 6.09 Å². The molecule has 1 saturated heterocycles. The minimum Gasteiger partial charge on any atom is -0.496 e. The van der Waals surface area contributed by atoms with Crippen molar-refractivity contribution in [3.8, 4) is 5.75 Å². The van der Waals surface area contributed by atoms with E-state index in [0.717, 1.165) is 16.6 Å². The zero-order valence-electron chi connectivity index (χ0n) is 13.6. The Morgan fingerprint density at radius 1 is 1.32 bits per heavy atom. The number of hydrogen-bond donors (Lipinski definition) is 0. The van der Waals surface area contributed by atoms with Gasteiger partial charge < -0.3 is 14.4 Å². The molecule has 1 amide bonds. The van der Waals surface area contributed by atoms with E-state index in [1.165, 1.54) is 0 Å². The summed E-state index contributed by atoms with van der Waals surface area (Å²) in [6.07, 6.45) is -0.240. The first-order chi connectivity index (χ1) is 10.4. The van der Waals surface area contributed by atoms with Gasteiger partial charge in [-0.1, -0.05) is 34.1 Å². The van der Waals surface area contributed by atoms with Gasteiger partial charge in [0.15, 0.2) is 0 Å². The molecule has 0 radical (unpaired) electrons. The smallest absolute Gasteiger partial charge is 0.410 e. The number of carbonyl (C=O) groups excluding carboxylic acids is 1. The summed E-state index contributed by atoms with van der Waals surface area (Å²) in [5.74, 6) is 1.48. The lowest BCUT2D eigenvalue weighted by atomic mass is 9.90. The van der Waals surface area contributed by atoms with Gasteiger partial charge in [-0.25, -0.2) is 4.79 Å². The quantitative estimate of drug-likeness (QED) is 0.754. The Kier molecular flexibility index (Phi) is 5.37. The predicted molar refractivity (Wildman–Crippen MR) is 90.8 cm³/mol. The van der Waals surface area contributed by atoms with Crippen molar-refractivity contribution in [3.63, 3.8) is 0 Å². The zero-order chi connectivity index (χ0) is 16.3. The van der Waals surface area contributed by atoms with Gasteiger partial charge in [0.25, 0.3) is 0 Å². The van der Waals surface area contributed by atoms with Crippen LogP contribution in [0.4, 0.5) is 4.79 Å². The maximum atomic E-state index is 12.3. The molecule has 0 saturated carbocycles. The SMILES string of the molecule is COc1ccccc1[C@H]1CN(C(=O)OC(C)(C)C)C[C@@H]1CBr. The maximum absolute atomic E-state index is 12.3. The Balaban J connectivity index is 2.18. The van der Waals surface area contributed by atoms with Crippen LogP contribution in [0.25, 0.3) is 0 Å². The van der Waals surface area contributed by atoms with Gasteiger partial charge in [-0.2, -0.15) is 0 Å². The highest BCUT2D eigenvalue weighted by Crippen LogP contribution is 2.38. The summed E-state index contributed by atoms with van der Waals surface area (Å²) in [5.41, 5.74) is 0.685. The Morgan fingerprint density at radius 3 is 2.59 bits per heavy atom. The summed E-state index contributed by atoms with van der Waals surface area (Å²) >= 11 is 3.58. The number of hydrogen-bond acceptors (Lipinski definition) is 3. The summed E-state index contributed by atoms with van der Waals surface area (Å²) in [6, 6.07) is 8.03. The van der Waals surface area contributed by atoms with Crippen molar-refractivity contribution in [2.24, 2.45) is 5.92 Å². The molecule has 0 bridgehead atoms. The fraction of sp³-hybridized carbons (Fsp3) is 0.588. The lowest BCUT2D eigenvalue weighted by Crippen LogP contribution is -2.35. The second-order valence-corrected chi connectivity index (χ2v) is 7.30. The molecular weight excluding hydrogens is 346 g/mol. The van der Waals surface area contributed by atoms with Gasteiger partial charge in [0.05, 0.1) is 7.11 Å². The van der Waals surface area contributed by atoms with Gasteiger partial charge in [0.1, 0.15) is 11.4 Å². The molecule has 1 fully saturated rings. The van der Waals surface area contributed by atoms with Crippen molar-refractivity contribution in [2.45, 2.75) is 32.3 Å². The molecule has 0 unspecified atom stereocenters. The van der Waals surface area contributed by atoms with Gasteiger partial charge in [0, 0.05) is 24.3 Å². The molecule has 22 heavy (non-hydrogen) atoms. The third-order valence-corrected chi connectivity index (χ3v) is 4.66. The van der Waals surface area contributed by atoms with Crippen molar-refractivity contribution < 1.29 is 14.3 Å². The molecule has 0 aromatic heterocycles. The van der Waals surface area contributed by atoms with E-state index < -0.39 is 5.60 Å². The second-order valence-electron chi connectivity index (χ2n) is 6.65. The molecule has 5 heteroatoms. The monoisotopic (exact) mass is 369 g/mol. The molecule has 0 N–H and O–H groups in total. The van der Waals surface area contributed by atoms with Gasteiger partial charge in [-0.05, 0) is 38.3 Å². The Morgan fingerprint density at radius 2 is 2.00 bits per heavy atom. The molecule has 0 aliphatic carbocycles. The topological polar surface area (TPSA) is 38.8 Å². The lowest BCUT2D eigenvalue weighted by Gasteiger charge is -2.24. The fourth-order valence-electron chi connectivity index (χ4n) is 2.83. The Hall–Kier alpha value is -1.23. The Labute approximate surface area is 140 Å². The number of nitrogens with zero attached hydrogens (tertiary/aromatic N) is 1. The van der Waals surface area contributed by atoms with Crippen LogP contribution in [0, 0.1) is 5.92 Å². The van der Waals surface area contributed by atoms with E-state index in [4.69, 9.17) is 9.47 Å². The van der Waals surface area contributed by atoms with Crippen molar-refractivity contribution in [2.75, 3.05) is 25.5 Å². The van der Waals surface area contributed by atoms with Gasteiger partial charge in [-0.3, -0.25) is 0 Å². The fourth-order valence-corrected chi connectivity index (χ4v) is 3.48. The van der Waals surface area contributed by atoms with Crippen LogP contribution < -0.4 is 4.74 Å². The summed E-state index contributed by atoms with van der Waals surface area (Å²) in [7, 11) is 1.68. The minimum atomic E-state index is -0.469. The maximum Gasteiger partial charge on any atom is 0.410 e. The average molecular weight is 370 g/mol. The van der Waals surface area contributed by atoms with Crippen molar-refractivity contribution in [3.05, 3.63) is 29.8 Å². The molecule has 1 aliphatic rings. The number of para-hydroxylation sites is 1. The third-order valence-electron chi connectivity index (χ3n) is 3.83. The number of rotatable bonds is 3. The second kappa shape index (κ2) is 6.90. The molecule has 2 atom stereocenters. The summed E-state index contributed by atoms with van der Waals surface area (Å²) in [4.78, 5) is 14.1. The first-order valence-electron chi connectivity index (χ1n) is 7.52. The van der Waals surface area contributed by atoms with Crippen LogP contribution in [0.1, 0.15) is 32.3 Å². The van der Waals surface area contributed by atoms with E-state index in [-0.39, 0.29) is 12.0 Å². The summed E-state index contributed by atoms with van der Waals surface area (Å²) in [6.45, 7) is 7.02. The number of benzene rings is 1. The normalized spacial score (nSPS) is 21.8. The van der Waals surface area contributed by atoms with Crippen LogP contribution in [0.15, 0.2) is 24.3 Å². The first kappa shape index (κ1) is 17.1. The van der Waals surface area contributed by atoms with E-state index in [2.05, 4.69) is 22.0 Å². The van der Waals surface area contributed by atoms with Crippen LogP contribution in [-0.2, 0) is 4.74 Å². The molecule has 122 valence electrons.